The number of para-hydroxylation sites is 2. The van der Waals surface area contributed by atoms with Gasteiger partial charge in [0, 0.05) is 17.5 Å². The zero-order valence-corrected chi connectivity index (χ0v) is 26.9. The number of benzene rings is 3. The molecule has 0 bridgehead atoms. The van der Waals surface area contributed by atoms with Crippen LogP contribution in [0, 0.1) is 6.92 Å². The van der Waals surface area contributed by atoms with Gasteiger partial charge >= 0.3 is 0 Å². The van der Waals surface area contributed by atoms with Gasteiger partial charge in [0.2, 0.25) is 11.8 Å². The van der Waals surface area contributed by atoms with E-state index in [-0.39, 0.29) is 29.1 Å². The van der Waals surface area contributed by atoms with Crippen LogP contribution in [0.1, 0.15) is 50.7 Å². The van der Waals surface area contributed by atoms with Crippen LogP contribution in [-0.4, -0.2) is 56.6 Å². The zero-order chi connectivity index (χ0) is 31.0. The first-order chi connectivity index (χ1) is 20.6. The summed E-state index contributed by atoms with van der Waals surface area (Å²) >= 11 is 1.51. The average molecular weight is 624 g/mol. The van der Waals surface area contributed by atoms with Crippen molar-refractivity contribution in [1.82, 2.24) is 10.2 Å². The predicted octanol–water partition coefficient (Wildman–Crippen LogP) is 5.79. The van der Waals surface area contributed by atoms with Gasteiger partial charge in [0.25, 0.3) is 10.0 Å². The molecule has 0 aromatic heterocycles. The Labute approximate surface area is 259 Å². The van der Waals surface area contributed by atoms with Crippen LogP contribution in [0.4, 0.5) is 5.69 Å². The number of ether oxygens (including phenoxy) is 1. The van der Waals surface area contributed by atoms with Crippen LogP contribution in [0.25, 0.3) is 0 Å². The quantitative estimate of drug-likeness (QED) is 0.242. The van der Waals surface area contributed by atoms with E-state index in [1.165, 1.54) is 16.7 Å². The fraction of sp³-hybridized carbons (Fsp3) is 0.394. The molecule has 3 aromatic rings. The minimum absolute atomic E-state index is 0.0571. The Morgan fingerprint density at radius 2 is 1.72 bits per heavy atom. The molecule has 3 aromatic carbocycles. The smallest absolute Gasteiger partial charge is 0.264 e. The number of nitrogens with zero attached hydrogens (tertiary/aromatic N) is 2. The van der Waals surface area contributed by atoms with Gasteiger partial charge in [-0.2, -0.15) is 0 Å². The molecule has 1 aliphatic rings. The van der Waals surface area contributed by atoms with Crippen LogP contribution in [0.5, 0.6) is 5.75 Å². The van der Waals surface area contributed by atoms with E-state index in [0.29, 0.717) is 12.4 Å². The van der Waals surface area contributed by atoms with Crippen LogP contribution < -0.4 is 14.4 Å². The fourth-order valence-corrected chi connectivity index (χ4v) is 7.14. The summed E-state index contributed by atoms with van der Waals surface area (Å²) in [6.07, 6.45) is 5.88. The van der Waals surface area contributed by atoms with Crippen molar-refractivity contribution in [2.24, 2.45) is 0 Å². The molecule has 230 valence electrons. The number of anilines is 1. The monoisotopic (exact) mass is 623 g/mol. The van der Waals surface area contributed by atoms with Crippen molar-refractivity contribution in [1.29, 1.82) is 0 Å². The van der Waals surface area contributed by atoms with Crippen molar-refractivity contribution < 1.29 is 22.7 Å². The summed E-state index contributed by atoms with van der Waals surface area (Å²) < 4.78 is 35.3. The standard InChI is InChI=1S/C33H41N3O5S2/c1-5-41-31-16-9-8-15-30(31)36(43(39,40)29-19-17-28(42-4)18-20-29)23-32(37)35(22-26-12-10-11-24(2)21-26)25(3)33(38)34-27-13-6-7-14-27/h8-12,15-21,25,27H,5-7,13-14,22-23H2,1-4H3,(H,34,38)/t25-/m1/s1. The lowest BCUT2D eigenvalue weighted by atomic mass is 10.1. The second-order valence-electron chi connectivity index (χ2n) is 10.8. The summed E-state index contributed by atoms with van der Waals surface area (Å²) in [5.74, 6) is -0.393. The molecule has 1 saturated carbocycles. The number of aryl methyl sites for hydroxylation is 1. The first-order valence-electron chi connectivity index (χ1n) is 14.7. The highest BCUT2D eigenvalue weighted by molar-refractivity contribution is 7.98. The molecular weight excluding hydrogens is 583 g/mol. The number of thioether (sulfide) groups is 1. The van der Waals surface area contributed by atoms with Crippen molar-refractivity contribution in [3.8, 4) is 5.75 Å². The number of amides is 2. The largest absolute Gasteiger partial charge is 0.492 e. The maximum absolute atomic E-state index is 14.2. The van der Waals surface area contributed by atoms with Gasteiger partial charge < -0.3 is 15.0 Å². The van der Waals surface area contributed by atoms with E-state index in [4.69, 9.17) is 4.74 Å². The number of carbonyl (C=O) groups excluding carboxylic acids is 2. The van der Waals surface area contributed by atoms with Crippen LogP contribution in [-0.2, 0) is 26.2 Å². The SMILES string of the molecule is CCOc1ccccc1N(CC(=O)N(Cc1cccc(C)c1)[C@H](C)C(=O)NC1CCCC1)S(=O)(=O)c1ccc(SC)cc1. The molecule has 0 radical (unpaired) electrons. The van der Waals surface area contributed by atoms with Gasteiger partial charge in [-0.3, -0.25) is 13.9 Å². The topological polar surface area (TPSA) is 96.0 Å². The Hall–Kier alpha value is -3.50. The minimum atomic E-state index is -4.20. The maximum atomic E-state index is 14.2. The Morgan fingerprint density at radius 1 is 1.02 bits per heavy atom. The number of hydrogen-bond donors (Lipinski definition) is 1. The van der Waals surface area contributed by atoms with Crippen LogP contribution in [0.3, 0.4) is 0 Å². The van der Waals surface area contributed by atoms with Crippen molar-refractivity contribution in [2.45, 2.75) is 74.9 Å². The lowest BCUT2D eigenvalue weighted by molar-refractivity contribution is -0.139. The molecule has 1 atom stereocenters. The summed E-state index contributed by atoms with van der Waals surface area (Å²) in [4.78, 5) is 30.1. The number of carbonyl (C=O) groups is 2. The predicted molar refractivity (Wildman–Crippen MR) is 172 cm³/mol. The van der Waals surface area contributed by atoms with E-state index in [1.54, 1.807) is 55.5 Å². The molecule has 1 aliphatic carbocycles. The molecule has 1 N–H and O–H groups in total. The second kappa shape index (κ2) is 14.8. The Bertz CT molecular complexity index is 1500. The molecule has 4 rings (SSSR count). The molecule has 10 heteroatoms. The third-order valence-electron chi connectivity index (χ3n) is 7.66. The highest BCUT2D eigenvalue weighted by atomic mass is 32.2. The third-order valence-corrected chi connectivity index (χ3v) is 10.2. The lowest BCUT2D eigenvalue weighted by Crippen LogP contribution is -2.52. The van der Waals surface area contributed by atoms with E-state index in [1.807, 2.05) is 44.4 Å². The van der Waals surface area contributed by atoms with Crippen molar-refractivity contribution in [3.05, 3.63) is 83.9 Å². The van der Waals surface area contributed by atoms with E-state index < -0.39 is 28.5 Å². The second-order valence-corrected chi connectivity index (χ2v) is 13.5. The van der Waals surface area contributed by atoms with Gasteiger partial charge in [-0.05, 0) is 81.8 Å². The average Bonchev–Trinajstić information content (AvgIpc) is 3.52. The molecule has 0 spiro atoms. The van der Waals surface area contributed by atoms with Crippen molar-refractivity contribution in [3.63, 3.8) is 0 Å². The summed E-state index contributed by atoms with van der Waals surface area (Å²) in [6.45, 7) is 5.45. The highest BCUT2D eigenvalue weighted by Crippen LogP contribution is 2.33. The number of rotatable bonds is 13. The van der Waals surface area contributed by atoms with Gasteiger partial charge in [0.15, 0.2) is 0 Å². The molecule has 0 heterocycles. The normalized spacial score (nSPS) is 14.2. The number of nitrogens with one attached hydrogen (secondary N) is 1. The van der Waals surface area contributed by atoms with Gasteiger partial charge in [-0.15, -0.1) is 11.8 Å². The minimum Gasteiger partial charge on any atom is -0.492 e. The Morgan fingerprint density at radius 3 is 2.37 bits per heavy atom. The van der Waals surface area contributed by atoms with E-state index >= 15 is 0 Å². The molecule has 0 unspecified atom stereocenters. The molecule has 1 fully saturated rings. The highest BCUT2D eigenvalue weighted by Gasteiger charge is 2.34. The number of hydrogen-bond acceptors (Lipinski definition) is 6. The van der Waals surface area contributed by atoms with Crippen LogP contribution in [0.2, 0.25) is 0 Å². The van der Waals surface area contributed by atoms with Gasteiger partial charge in [0.05, 0.1) is 17.2 Å². The first-order valence-corrected chi connectivity index (χ1v) is 17.3. The van der Waals surface area contributed by atoms with E-state index in [0.717, 1.165) is 46.0 Å². The molecule has 2 amide bonds. The van der Waals surface area contributed by atoms with Crippen molar-refractivity contribution >= 4 is 39.3 Å². The molecular formula is C33H41N3O5S2. The lowest BCUT2D eigenvalue weighted by Gasteiger charge is -2.33. The van der Waals surface area contributed by atoms with Gasteiger partial charge in [-0.25, -0.2) is 8.42 Å². The summed E-state index contributed by atoms with van der Waals surface area (Å²) in [5.41, 5.74) is 2.13. The van der Waals surface area contributed by atoms with Crippen molar-refractivity contribution in [2.75, 3.05) is 23.7 Å². The van der Waals surface area contributed by atoms with Gasteiger partial charge in [0.1, 0.15) is 18.3 Å². The molecule has 8 nitrogen and oxygen atoms in total. The third kappa shape index (κ3) is 8.12. The molecule has 43 heavy (non-hydrogen) atoms. The molecule has 0 saturated heterocycles. The van der Waals surface area contributed by atoms with E-state index in [9.17, 15) is 18.0 Å². The summed E-state index contributed by atoms with van der Waals surface area (Å²) in [6, 6.07) is 20.4. The Balaban J connectivity index is 1.73. The first kappa shape index (κ1) is 32.4. The molecule has 0 aliphatic heterocycles. The Kier molecular flexibility index (Phi) is 11.2. The number of sulfonamides is 1. The zero-order valence-electron chi connectivity index (χ0n) is 25.3. The fourth-order valence-electron chi connectivity index (χ4n) is 5.31. The van der Waals surface area contributed by atoms with Crippen LogP contribution in [0.15, 0.2) is 82.6 Å². The van der Waals surface area contributed by atoms with Gasteiger partial charge in [-0.1, -0.05) is 54.8 Å². The maximum Gasteiger partial charge on any atom is 0.264 e. The summed E-state index contributed by atoms with van der Waals surface area (Å²) in [7, 11) is -4.20. The summed E-state index contributed by atoms with van der Waals surface area (Å²) in [5, 5.41) is 3.10. The van der Waals surface area contributed by atoms with Crippen LogP contribution >= 0.6 is 11.8 Å². The van der Waals surface area contributed by atoms with E-state index in [2.05, 4.69) is 5.32 Å².